The van der Waals surface area contributed by atoms with Crippen LogP contribution in [-0.4, -0.2) is 11.7 Å². The molecule has 0 amide bonds. The topological polar surface area (TPSA) is 20.2 Å². The average Bonchev–Trinajstić information content (AvgIpc) is 2.60. The van der Waals surface area contributed by atoms with Gasteiger partial charge in [0.25, 0.3) is 0 Å². The van der Waals surface area contributed by atoms with E-state index in [2.05, 4.69) is 19.9 Å². The molecule has 1 fully saturated rings. The molecule has 0 aromatic heterocycles. The smallest absolute Gasteiger partial charge is 0.0459 e. The summed E-state index contributed by atoms with van der Waals surface area (Å²) in [6.07, 6.45) is 8.80. The standard InChI is InChI=1S/C13H22O/c1-10-4-3-5-11(2)13(10)7-6-12(8-13)9-14/h4,11-12,14H,3,5-9H2,1-2H3/t11-,12+,13+/m0/s1. The van der Waals surface area contributed by atoms with Gasteiger partial charge in [0.2, 0.25) is 0 Å². The normalized spacial score (nSPS) is 42.9. The van der Waals surface area contributed by atoms with Crippen molar-refractivity contribution in [3.8, 4) is 0 Å². The van der Waals surface area contributed by atoms with E-state index < -0.39 is 0 Å². The van der Waals surface area contributed by atoms with Gasteiger partial charge in [-0.2, -0.15) is 0 Å². The van der Waals surface area contributed by atoms with E-state index in [-0.39, 0.29) is 0 Å². The van der Waals surface area contributed by atoms with Crippen molar-refractivity contribution < 1.29 is 5.11 Å². The number of aliphatic hydroxyl groups is 1. The number of allylic oxidation sites excluding steroid dienone is 2. The van der Waals surface area contributed by atoms with Gasteiger partial charge in [0.15, 0.2) is 0 Å². The van der Waals surface area contributed by atoms with Gasteiger partial charge in [0, 0.05) is 6.61 Å². The maximum absolute atomic E-state index is 9.23. The summed E-state index contributed by atoms with van der Waals surface area (Å²) < 4.78 is 0. The second-order valence-corrected chi connectivity index (χ2v) is 5.31. The molecule has 0 heterocycles. The lowest BCUT2D eigenvalue weighted by atomic mass is 9.65. The summed E-state index contributed by atoms with van der Waals surface area (Å²) >= 11 is 0. The lowest BCUT2D eigenvalue weighted by molar-refractivity contribution is 0.176. The van der Waals surface area contributed by atoms with E-state index in [1.807, 2.05) is 0 Å². The van der Waals surface area contributed by atoms with Crippen LogP contribution in [0.5, 0.6) is 0 Å². The molecule has 0 radical (unpaired) electrons. The molecule has 0 saturated heterocycles. The van der Waals surface area contributed by atoms with Crippen molar-refractivity contribution in [3.63, 3.8) is 0 Å². The first-order valence-corrected chi connectivity index (χ1v) is 5.97. The molecule has 0 unspecified atom stereocenters. The Morgan fingerprint density at radius 2 is 2.29 bits per heavy atom. The van der Waals surface area contributed by atoms with Crippen LogP contribution in [0.15, 0.2) is 11.6 Å². The molecule has 2 rings (SSSR count). The van der Waals surface area contributed by atoms with Crippen LogP contribution in [0, 0.1) is 17.3 Å². The van der Waals surface area contributed by atoms with E-state index in [4.69, 9.17) is 0 Å². The Kier molecular flexibility index (Phi) is 2.70. The van der Waals surface area contributed by atoms with Crippen molar-refractivity contribution in [2.45, 2.75) is 46.0 Å². The average molecular weight is 194 g/mol. The van der Waals surface area contributed by atoms with Crippen LogP contribution in [0.4, 0.5) is 0 Å². The van der Waals surface area contributed by atoms with Crippen LogP contribution in [0.3, 0.4) is 0 Å². The van der Waals surface area contributed by atoms with Crippen molar-refractivity contribution in [2.75, 3.05) is 6.61 Å². The predicted octanol–water partition coefficient (Wildman–Crippen LogP) is 3.14. The van der Waals surface area contributed by atoms with Crippen LogP contribution in [0.2, 0.25) is 0 Å². The highest BCUT2D eigenvalue weighted by Gasteiger charge is 2.44. The minimum Gasteiger partial charge on any atom is -0.396 e. The van der Waals surface area contributed by atoms with Crippen LogP contribution >= 0.6 is 0 Å². The molecule has 1 N–H and O–H groups in total. The minimum absolute atomic E-state index is 0.391. The van der Waals surface area contributed by atoms with Gasteiger partial charge < -0.3 is 5.11 Å². The summed E-state index contributed by atoms with van der Waals surface area (Å²) in [6.45, 7) is 5.09. The number of rotatable bonds is 1. The van der Waals surface area contributed by atoms with Crippen molar-refractivity contribution >= 4 is 0 Å². The van der Waals surface area contributed by atoms with Gasteiger partial charge in [-0.15, -0.1) is 0 Å². The van der Waals surface area contributed by atoms with Crippen molar-refractivity contribution in [1.82, 2.24) is 0 Å². The Labute approximate surface area is 87.2 Å². The third-order valence-electron chi connectivity index (χ3n) is 4.69. The molecular formula is C13H22O. The molecule has 0 aromatic rings. The molecule has 1 nitrogen and oxygen atoms in total. The third kappa shape index (κ3) is 1.42. The Morgan fingerprint density at radius 3 is 2.86 bits per heavy atom. The zero-order chi connectivity index (χ0) is 10.2. The second-order valence-electron chi connectivity index (χ2n) is 5.31. The van der Waals surface area contributed by atoms with E-state index >= 15 is 0 Å². The monoisotopic (exact) mass is 194 g/mol. The highest BCUT2D eigenvalue weighted by molar-refractivity contribution is 5.19. The van der Waals surface area contributed by atoms with Gasteiger partial charge >= 0.3 is 0 Å². The van der Waals surface area contributed by atoms with Gasteiger partial charge in [-0.1, -0.05) is 18.6 Å². The first kappa shape index (κ1) is 10.2. The molecule has 1 heteroatoms. The molecule has 3 atom stereocenters. The SMILES string of the molecule is CC1=CCC[C@H](C)[C@@]12CC[C@@H](CO)C2. The van der Waals surface area contributed by atoms with Gasteiger partial charge in [-0.25, -0.2) is 0 Å². The van der Waals surface area contributed by atoms with E-state index in [0.717, 1.165) is 5.92 Å². The molecule has 0 bridgehead atoms. The predicted molar refractivity (Wildman–Crippen MR) is 59.0 cm³/mol. The van der Waals surface area contributed by atoms with E-state index in [9.17, 15) is 5.11 Å². The van der Waals surface area contributed by atoms with Crippen molar-refractivity contribution in [1.29, 1.82) is 0 Å². The fourth-order valence-electron chi connectivity index (χ4n) is 3.56. The highest BCUT2D eigenvalue weighted by atomic mass is 16.3. The third-order valence-corrected chi connectivity index (χ3v) is 4.69. The van der Waals surface area contributed by atoms with E-state index in [1.165, 1.54) is 32.1 Å². The van der Waals surface area contributed by atoms with Crippen LogP contribution in [0.1, 0.15) is 46.0 Å². The fraction of sp³-hybridized carbons (Fsp3) is 0.846. The second kappa shape index (κ2) is 3.69. The summed E-state index contributed by atoms with van der Waals surface area (Å²) in [4.78, 5) is 0. The van der Waals surface area contributed by atoms with Gasteiger partial charge in [-0.05, 0) is 56.3 Å². The maximum atomic E-state index is 9.23. The molecule has 0 aromatic carbocycles. The van der Waals surface area contributed by atoms with Gasteiger partial charge in [0.05, 0.1) is 0 Å². The zero-order valence-corrected chi connectivity index (χ0v) is 9.42. The Morgan fingerprint density at radius 1 is 1.50 bits per heavy atom. The van der Waals surface area contributed by atoms with Crippen LogP contribution in [0.25, 0.3) is 0 Å². The quantitative estimate of drug-likeness (QED) is 0.636. The largest absolute Gasteiger partial charge is 0.396 e. The molecule has 1 spiro atoms. The van der Waals surface area contributed by atoms with Gasteiger partial charge in [0.1, 0.15) is 0 Å². The Bertz CT molecular complexity index is 244. The summed E-state index contributed by atoms with van der Waals surface area (Å²) in [6, 6.07) is 0. The molecule has 2 aliphatic carbocycles. The summed E-state index contributed by atoms with van der Waals surface area (Å²) in [7, 11) is 0. The number of hydrogen-bond donors (Lipinski definition) is 1. The fourth-order valence-corrected chi connectivity index (χ4v) is 3.56. The van der Waals surface area contributed by atoms with Crippen molar-refractivity contribution in [2.24, 2.45) is 17.3 Å². The van der Waals surface area contributed by atoms with Crippen molar-refractivity contribution in [3.05, 3.63) is 11.6 Å². The molecule has 14 heavy (non-hydrogen) atoms. The van der Waals surface area contributed by atoms with Crippen LogP contribution in [-0.2, 0) is 0 Å². The summed E-state index contributed by atoms with van der Waals surface area (Å²) in [5, 5.41) is 9.23. The highest BCUT2D eigenvalue weighted by Crippen LogP contribution is 2.54. The number of aliphatic hydroxyl groups excluding tert-OH is 1. The van der Waals surface area contributed by atoms with Gasteiger partial charge in [-0.3, -0.25) is 0 Å². The summed E-state index contributed by atoms with van der Waals surface area (Å²) in [5.41, 5.74) is 2.07. The first-order chi connectivity index (χ1) is 6.69. The molecule has 1 saturated carbocycles. The molecule has 0 aliphatic heterocycles. The molecule has 2 aliphatic rings. The zero-order valence-electron chi connectivity index (χ0n) is 9.42. The number of hydrogen-bond acceptors (Lipinski definition) is 1. The lowest BCUT2D eigenvalue weighted by Crippen LogP contribution is -2.30. The van der Waals surface area contributed by atoms with E-state index in [0.29, 0.717) is 17.9 Å². The maximum Gasteiger partial charge on any atom is 0.0459 e. The Hall–Kier alpha value is -0.300. The first-order valence-electron chi connectivity index (χ1n) is 5.97. The molecular weight excluding hydrogens is 172 g/mol. The lowest BCUT2D eigenvalue weighted by Gasteiger charge is -2.40. The molecule has 80 valence electrons. The minimum atomic E-state index is 0.391. The Balaban J connectivity index is 2.21. The summed E-state index contributed by atoms with van der Waals surface area (Å²) in [5.74, 6) is 1.39. The van der Waals surface area contributed by atoms with Crippen LogP contribution < -0.4 is 0 Å². The van der Waals surface area contributed by atoms with E-state index in [1.54, 1.807) is 5.57 Å².